The zero-order valence-corrected chi connectivity index (χ0v) is 9.17. The van der Waals surface area contributed by atoms with Crippen LogP contribution in [-0.4, -0.2) is 23.4 Å². The molecule has 2 rings (SSSR count). The molecule has 0 aromatic rings. The number of rotatable bonds is 2. The lowest BCUT2D eigenvalue weighted by Gasteiger charge is -2.29. The average molecular weight is 195 g/mol. The summed E-state index contributed by atoms with van der Waals surface area (Å²) < 4.78 is 0. The number of hydrogen-bond donors (Lipinski definition) is 0. The molecule has 2 nitrogen and oxygen atoms in total. The van der Waals surface area contributed by atoms with Crippen LogP contribution in [0.1, 0.15) is 51.9 Å². The Morgan fingerprint density at radius 2 is 1.93 bits per heavy atom. The van der Waals surface area contributed by atoms with Crippen LogP contribution in [0.2, 0.25) is 0 Å². The van der Waals surface area contributed by atoms with Crippen LogP contribution in [0.15, 0.2) is 0 Å². The van der Waals surface area contributed by atoms with E-state index in [1.165, 1.54) is 32.1 Å². The summed E-state index contributed by atoms with van der Waals surface area (Å²) in [5.41, 5.74) is 0. The lowest BCUT2D eigenvalue weighted by molar-refractivity contribution is -0.129. The summed E-state index contributed by atoms with van der Waals surface area (Å²) in [5, 5.41) is 0. The first-order valence-corrected chi connectivity index (χ1v) is 6.07. The molecule has 2 aliphatic rings. The van der Waals surface area contributed by atoms with Crippen LogP contribution in [0.5, 0.6) is 0 Å². The first-order valence-electron chi connectivity index (χ1n) is 6.07. The Morgan fingerprint density at radius 1 is 1.21 bits per heavy atom. The van der Waals surface area contributed by atoms with E-state index in [1.807, 2.05) is 0 Å². The molecule has 0 N–H and O–H groups in total. The van der Waals surface area contributed by atoms with Crippen LogP contribution in [0.4, 0.5) is 0 Å². The summed E-state index contributed by atoms with van der Waals surface area (Å²) in [6.45, 7) is 3.23. The zero-order valence-electron chi connectivity index (χ0n) is 9.17. The normalized spacial score (nSPS) is 29.9. The standard InChI is InChI=1S/C12H21NO/c1-10-7-8-12(14)13(10)9-11-5-3-2-4-6-11/h10-11H,2-9H2,1H3. The minimum absolute atomic E-state index is 0.392. The Balaban J connectivity index is 1.85. The van der Waals surface area contributed by atoms with E-state index in [0.717, 1.165) is 25.3 Å². The summed E-state index contributed by atoms with van der Waals surface area (Å²) in [6.07, 6.45) is 8.70. The Morgan fingerprint density at radius 3 is 2.50 bits per heavy atom. The van der Waals surface area contributed by atoms with E-state index in [-0.39, 0.29) is 0 Å². The highest BCUT2D eigenvalue weighted by molar-refractivity contribution is 5.78. The second kappa shape index (κ2) is 4.33. The smallest absolute Gasteiger partial charge is 0.222 e. The minimum atomic E-state index is 0.392. The molecule has 0 radical (unpaired) electrons. The number of hydrogen-bond acceptors (Lipinski definition) is 1. The van der Waals surface area contributed by atoms with E-state index < -0.39 is 0 Å². The molecular formula is C12H21NO. The fraction of sp³-hybridized carbons (Fsp3) is 0.917. The van der Waals surface area contributed by atoms with Gasteiger partial charge in [0.05, 0.1) is 0 Å². The molecular weight excluding hydrogens is 174 g/mol. The number of amides is 1. The number of likely N-dealkylation sites (tertiary alicyclic amines) is 1. The molecule has 80 valence electrons. The lowest BCUT2D eigenvalue weighted by atomic mass is 9.89. The molecule has 1 aliphatic heterocycles. The van der Waals surface area contributed by atoms with Crippen LogP contribution in [0.3, 0.4) is 0 Å². The molecule has 1 atom stereocenters. The van der Waals surface area contributed by atoms with E-state index >= 15 is 0 Å². The Bertz CT molecular complexity index is 208. The van der Waals surface area contributed by atoms with Gasteiger partial charge >= 0.3 is 0 Å². The van der Waals surface area contributed by atoms with Gasteiger partial charge in [-0.2, -0.15) is 0 Å². The van der Waals surface area contributed by atoms with Crippen LogP contribution in [0.25, 0.3) is 0 Å². The maximum absolute atomic E-state index is 11.6. The van der Waals surface area contributed by atoms with E-state index in [9.17, 15) is 4.79 Å². The van der Waals surface area contributed by atoms with Gasteiger partial charge in [0.15, 0.2) is 0 Å². The SMILES string of the molecule is CC1CCC(=O)N1CC1CCCCC1. The van der Waals surface area contributed by atoms with Crippen LogP contribution in [0, 0.1) is 5.92 Å². The third kappa shape index (κ3) is 2.10. The van der Waals surface area contributed by atoms with Crippen molar-refractivity contribution in [2.45, 2.75) is 57.9 Å². The quantitative estimate of drug-likeness (QED) is 0.663. The van der Waals surface area contributed by atoms with Gasteiger partial charge in [-0.1, -0.05) is 19.3 Å². The van der Waals surface area contributed by atoms with Crippen molar-refractivity contribution in [2.24, 2.45) is 5.92 Å². The van der Waals surface area contributed by atoms with Crippen molar-refractivity contribution in [1.29, 1.82) is 0 Å². The molecule has 14 heavy (non-hydrogen) atoms. The lowest BCUT2D eigenvalue weighted by Crippen LogP contribution is -2.36. The monoisotopic (exact) mass is 195 g/mol. The molecule has 2 heteroatoms. The largest absolute Gasteiger partial charge is 0.340 e. The van der Waals surface area contributed by atoms with Crippen molar-refractivity contribution in [3.05, 3.63) is 0 Å². The second-order valence-corrected chi connectivity index (χ2v) is 4.94. The van der Waals surface area contributed by atoms with Crippen LogP contribution < -0.4 is 0 Å². The predicted molar refractivity (Wildman–Crippen MR) is 57.0 cm³/mol. The van der Waals surface area contributed by atoms with Gasteiger partial charge in [-0.3, -0.25) is 4.79 Å². The first-order chi connectivity index (χ1) is 6.77. The fourth-order valence-electron chi connectivity index (χ4n) is 2.81. The maximum atomic E-state index is 11.6. The first kappa shape index (κ1) is 10.0. The molecule has 0 aromatic heterocycles. The van der Waals surface area contributed by atoms with E-state index in [2.05, 4.69) is 11.8 Å². The van der Waals surface area contributed by atoms with Crippen molar-refractivity contribution in [2.75, 3.05) is 6.54 Å². The second-order valence-electron chi connectivity index (χ2n) is 4.94. The molecule has 1 saturated carbocycles. The molecule has 0 aromatic carbocycles. The number of carbonyl (C=O) groups excluding carboxylic acids is 1. The Kier molecular flexibility index (Phi) is 3.09. The van der Waals surface area contributed by atoms with Crippen molar-refractivity contribution in [3.63, 3.8) is 0 Å². The summed E-state index contributed by atoms with van der Waals surface area (Å²) >= 11 is 0. The fourth-order valence-corrected chi connectivity index (χ4v) is 2.81. The minimum Gasteiger partial charge on any atom is -0.340 e. The summed E-state index contributed by atoms with van der Waals surface area (Å²) in [7, 11) is 0. The molecule has 1 unspecified atom stereocenters. The average Bonchev–Trinajstić information content (AvgIpc) is 2.51. The molecule has 0 spiro atoms. The highest BCUT2D eigenvalue weighted by Crippen LogP contribution is 2.27. The van der Waals surface area contributed by atoms with Gasteiger partial charge in [0, 0.05) is 19.0 Å². The van der Waals surface area contributed by atoms with Gasteiger partial charge in [0.25, 0.3) is 0 Å². The van der Waals surface area contributed by atoms with Gasteiger partial charge in [0.2, 0.25) is 5.91 Å². The topological polar surface area (TPSA) is 20.3 Å². The maximum Gasteiger partial charge on any atom is 0.222 e. The van der Waals surface area contributed by atoms with Crippen LogP contribution in [-0.2, 0) is 4.79 Å². The van der Waals surface area contributed by atoms with Gasteiger partial charge in [-0.25, -0.2) is 0 Å². The third-order valence-corrected chi connectivity index (χ3v) is 3.81. The molecule has 1 saturated heterocycles. The zero-order chi connectivity index (χ0) is 9.97. The summed E-state index contributed by atoms with van der Waals surface area (Å²) in [4.78, 5) is 13.7. The third-order valence-electron chi connectivity index (χ3n) is 3.81. The van der Waals surface area contributed by atoms with Gasteiger partial charge in [-0.15, -0.1) is 0 Å². The van der Waals surface area contributed by atoms with E-state index in [0.29, 0.717) is 11.9 Å². The molecule has 1 amide bonds. The number of nitrogens with zero attached hydrogens (tertiary/aromatic N) is 1. The highest BCUT2D eigenvalue weighted by Gasteiger charge is 2.29. The number of carbonyl (C=O) groups is 1. The van der Waals surface area contributed by atoms with Gasteiger partial charge in [-0.05, 0) is 32.1 Å². The Labute approximate surface area is 86.7 Å². The van der Waals surface area contributed by atoms with Gasteiger partial charge in [0.1, 0.15) is 0 Å². The van der Waals surface area contributed by atoms with E-state index in [1.54, 1.807) is 0 Å². The van der Waals surface area contributed by atoms with Crippen molar-refractivity contribution >= 4 is 5.91 Å². The van der Waals surface area contributed by atoms with E-state index in [4.69, 9.17) is 0 Å². The molecule has 0 bridgehead atoms. The summed E-state index contributed by atoms with van der Waals surface area (Å²) in [6, 6.07) is 0.504. The predicted octanol–water partition coefficient (Wildman–Crippen LogP) is 2.58. The highest BCUT2D eigenvalue weighted by atomic mass is 16.2. The Hall–Kier alpha value is -0.530. The van der Waals surface area contributed by atoms with Crippen molar-refractivity contribution in [3.8, 4) is 0 Å². The van der Waals surface area contributed by atoms with Crippen molar-refractivity contribution < 1.29 is 4.79 Å². The van der Waals surface area contributed by atoms with Crippen molar-refractivity contribution in [1.82, 2.24) is 4.90 Å². The molecule has 1 heterocycles. The molecule has 1 aliphatic carbocycles. The summed E-state index contributed by atoms with van der Waals surface area (Å²) in [5.74, 6) is 1.19. The molecule has 2 fully saturated rings. The van der Waals surface area contributed by atoms with Gasteiger partial charge < -0.3 is 4.90 Å². The van der Waals surface area contributed by atoms with Crippen LogP contribution >= 0.6 is 0 Å².